The first-order valence-corrected chi connectivity index (χ1v) is 9.06. The lowest BCUT2D eigenvalue weighted by atomic mass is 10.1. The molecule has 6 nitrogen and oxygen atoms in total. The number of nitrogens with one attached hydrogen (secondary N) is 1. The Labute approximate surface area is 154 Å². The quantitative estimate of drug-likeness (QED) is 0.535. The average molecular weight is 363 g/mol. The van der Waals surface area contributed by atoms with Gasteiger partial charge in [0.05, 0.1) is 18.6 Å². The molecule has 0 aliphatic rings. The van der Waals surface area contributed by atoms with Crippen LogP contribution in [0.3, 0.4) is 0 Å². The van der Waals surface area contributed by atoms with Gasteiger partial charge in [-0.1, -0.05) is 6.07 Å². The third-order valence-corrected chi connectivity index (χ3v) is 3.79. The summed E-state index contributed by atoms with van der Waals surface area (Å²) < 4.78 is 21.5. The second-order valence-electron chi connectivity index (χ2n) is 7.16. The van der Waals surface area contributed by atoms with Crippen molar-refractivity contribution in [1.82, 2.24) is 5.32 Å². The van der Waals surface area contributed by atoms with E-state index in [0.29, 0.717) is 12.2 Å². The van der Waals surface area contributed by atoms with Crippen LogP contribution in [-0.2, 0) is 4.74 Å². The molecule has 0 aliphatic heterocycles. The summed E-state index contributed by atoms with van der Waals surface area (Å²) in [4.78, 5) is 11.5. The van der Waals surface area contributed by atoms with Crippen LogP contribution in [0.4, 0.5) is 4.79 Å². The van der Waals surface area contributed by atoms with Gasteiger partial charge in [0.25, 0.3) is 5.95 Å². The average Bonchev–Trinajstić information content (AvgIpc) is 2.87. The molecule has 1 aromatic heterocycles. The van der Waals surface area contributed by atoms with E-state index in [0.717, 1.165) is 36.1 Å². The van der Waals surface area contributed by atoms with Gasteiger partial charge >= 0.3 is 6.16 Å². The number of carbonyl (C=O) groups excluding carboxylic acids is 1. The van der Waals surface area contributed by atoms with E-state index in [1.54, 1.807) is 6.92 Å². The molecule has 6 heteroatoms. The number of ether oxygens (including phenoxy) is 3. The molecule has 0 saturated carbocycles. The van der Waals surface area contributed by atoms with Crippen molar-refractivity contribution in [2.75, 3.05) is 19.8 Å². The molecule has 144 valence electrons. The van der Waals surface area contributed by atoms with Crippen LogP contribution < -0.4 is 14.8 Å². The van der Waals surface area contributed by atoms with Gasteiger partial charge in [0.15, 0.2) is 0 Å². The molecule has 2 aromatic rings. The highest BCUT2D eigenvalue weighted by atomic mass is 16.8. The number of benzene rings is 1. The molecular weight excluding hydrogens is 334 g/mol. The molecule has 0 bridgehead atoms. The summed E-state index contributed by atoms with van der Waals surface area (Å²) in [6.07, 6.45) is 1.21. The Kier molecular flexibility index (Phi) is 6.91. The molecule has 0 atom stereocenters. The SMILES string of the molecule is CCOC(=O)Oc1oc2cccc(OCCCCNC(C)(C)C)c2c1C. The summed E-state index contributed by atoms with van der Waals surface area (Å²) in [5, 5.41) is 4.28. The highest BCUT2D eigenvalue weighted by Gasteiger charge is 2.19. The molecule has 1 N–H and O–H groups in total. The topological polar surface area (TPSA) is 69.9 Å². The van der Waals surface area contributed by atoms with Crippen LogP contribution in [-0.4, -0.2) is 31.5 Å². The minimum atomic E-state index is -0.775. The Morgan fingerprint density at radius 1 is 1.23 bits per heavy atom. The first-order valence-electron chi connectivity index (χ1n) is 9.06. The lowest BCUT2D eigenvalue weighted by molar-refractivity contribution is 0.0953. The molecule has 0 fully saturated rings. The van der Waals surface area contributed by atoms with Gasteiger partial charge in [-0.15, -0.1) is 0 Å². The number of furan rings is 1. The van der Waals surface area contributed by atoms with E-state index in [1.807, 2.05) is 25.1 Å². The predicted octanol–water partition coefficient (Wildman–Crippen LogP) is 4.82. The summed E-state index contributed by atoms with van der Waals surface area (Å²) >= 11 is 0. The van der Waals surface area contributed by atoms with Gasteiger partial charge in [-0.3, -0.25) is 0 Å². The van der Waals surface area contributed by atoms with Gasteiger partial charge in [0, 0.05) is 11.1 Å². The molecular formula is C20H29NO5. The second-order valence-corrected chi connectivity index (χ2v) is 7.16. The van der Waals surface area contributed by atoms with Crippen molar-refractivity contribution in [2.45, 2.75) is 53.0 Å². The lowest BCUT2D eigenvalue weighted by Crippen LogP contribution is -2.36. The zero-order valence-electron chi connectivity index (χ0n) is 16.3. The molecule has 1 heterocycles. The van der Waals surface area contributed by atoms with Gasteiger partial charge < -0.3 is 23.9 Å². The molecule has 0 spiro atoms. The van der Waals surface area contributed by atoms with Crippen molar-refractivity contribution in [3.63, 3.8) is 0 Å². The van der Waals surface area contributed by atoms with Crippen LogP contribution in [0.25, 0.3) is 11.0 Å². The highest BCUT2D eigenvalue weighted by molar-refractivity contribution is 5.89. The Balaban J connectivity index is 1.97. The number of aryl methyl sites for hydroxylation is 1. The van der Waals surface area contributed by atoms with Crippen molar-refractivity contribution in [1.29, 1.82) is 0 Å². The summed E-state index contributed by atoms with van der Waals surface area (Å²) in [6, 6.07) is 5.57. The molecule has 1 aromatic carbocycles. The fraction of sp³-hybridized carbons (Fsp3) is 0.550. The number of fused-ring (bicyclic) bond motifs is 1. The summed E-state index contributed by atoms with van der Waals surface area (Å²) in [5.74, 6) is 0.870. The van der Waals surface area contributed by atoms with E-state index in [9.17, 15) is 4.79 Å². The van der Waals surface area contributed by atoms with Gasteiger partial charge in [0.1, 0.15) is 11.3 Å². The fourth-order valence-electron chi connectivity index (χ4n) is 2.56. The third-order valence-electron chi connectivity index (χ3n) is 3.79. The Hall–Kier alpha value is -2.21. The molecule has 0 amide bonds. The maximum Gasteiger partial charge on any atom is 0.516 e. The second kappa shape index (κ2) is 8.94. The minimum absolute atomic E-state index is 0.135. The van der Waals surface area contributed by atoms with Crippen LogP contribution >= 0.6 is 0 Å². The largest absolute Gasteiger partial charge is 0.516 e. The number of carbonyl (C=O) groups is 1. The van der Waals surface area contributed by atoms with E-state index in [2.05, 4.69) is 26.1 Å². The van der Waals surface area contributed by atoms with Crippen LogP contribution in [0, 0.1) is 6.92 Å². The molecule has 0 radical (unpaired) electrons. The zero-order chi connectivity index (χ0) is 19.2. The summed E-state index contributed by atoms with van der Waals surface area (Å²) in [7, 11) is 0. The summed E-state index contributed by atoms with van der Waals surface area (Å²) in [5.41, 5.74) is 1.47. The van der Waals surface area contributed by atoms with Gasteiger partial charge in [-0.05, 0) is 66.1 Å². The Bertz CT molecular complexity index is 730. The zero-order valence-corrected chi connectivity index (χ0v) is 16.3. The smallest absolute Gasteiger partial charge is 0.493 e. The van der Waals surface area contributed by atoms with Crippen LogP contribution in [0.2, 0.25) is 0 Å². The molecule has 0 unspecified atom stereocenters. The van der Waals surface area contributed by atoms with Crippen LogP contribution in [0.5, 0.6) is 11.7 Å². The molecule has 2 rings (SSSR count). The van der Waals surface area contributed by atoms with Crippen LogP contribution in [0.15, 0.2) is 22.6 Å². The van der Waals surface area contributed by atoms with Gasteiger partial charge in [0.2, 0.25) is 0 Å². The third kappa shape index (κ3) is 5.66. The van der Waals surface area contributed by atoms with Crippen molar-refractivity contribution in [3.8, 4) is 11.7 Å². The molecule has 0 saturated heterocycles. The number of hydrogen-bond donors (Lipinski definition) is 1. The van der Waals surface area contributed by atoms with E-state index in [1.165, 1.54) is 0 Å². The van der Waals surface area contributed by atoms with Crippen molar-refractivity contribution >= 4 is 17.1 Å². The molecule has 26 heavy (non-hydrogen) atoms. The predicted molar refractivity (Wildman–Crippen MR) is 101 cm³/mol. The van der Waals surface area contributed by atoms with Gasteiger partial charge in [-0.2, -0.15) is 0 Å². The Morgan fingerprint density at radius 3 is 2.69 bits per heavy atom. The van der Waals surface area contributed by atoms with Crippen molar-refractivity contribution in [2.24, 2.45) is 0 Å². The van der Waals surface area contributed by atoms with E-state index in [4.69, 9.17) is 18.6 Å². The number of unbranched alkanes of at least 4 members (excludes halogenated alkanes) is 1. The van der Waals surface area contributed by atoms with Gasteiger partial charge in [-0.25, -0.2) is 4.79 Å². The van der Waals surface area contributed by atoms with Crippen molar-refractivity contribution in [3.05, 3.63) is 23.8 Å². The molecule has 0 aliphatic carbocycles. The van der Waals surface area contributed by atoms with Crippen molar-refractivity contribution < 1.29 is 23.4 Å². The summed E-state index contributed by atoms with van der Waals surface area (Å²) in [6.45, 7) is 11.8. The van der Waals surface area contributed by atoms with E-state index >= 15 is 0 Å². The standard InChI is InChI=1S/C20H29NO5/c1-6-23-19(22)26-18-14(2)17-15(10-9-11-16(17)25-18)24-13-8-7-12-21-20(3,4)5/h9-11,21H,6-8,12-13H2,1-5H3. The normalized spacial score (nSPS) is 11.6. The Morgan fingerprint density at radius 2 is 2.00 bits per heavy atom. The van der Waals surface area contributed by atoms with E-state index in [-0.39, 0.29) is 18.1 Å². The maximum atomic E-state index is 11.5. The van der Waals surface area contributed by atoms with E-state index < -0.39 is 6.16 Å². The lowest BCUT2D eigenvalue weighted by Gasteiger charge is -2.20. The number of hydrogen-bond acceptors (Lipinski definition) is 6. The van der Waals surface area contributed by atoms with Crippen LogP contribution in [0.1, 0.15) is 46.1 Å². The first kappa shape index (κ1) is 20.1. The maximum absolute atomic E-state index is 11.5. The number of rotatable bonds is 8. The minimum Gasteiger partial charge on any atom is -0.493 e. The monoisotopic (exact) mass is 363 g/mol. The highest BCUT2D eigenvalue weighted by Crippen LogP contribution is 2.37. The fourth-order valence-corrected chi connectivity index (χ4v) is 2.56. The first-order chi connectivity index (χ1) is 12.3.